The van der Waals surface area contributed by atoms with Crippen molar-refractivity contribution < 1.29 is 17.7 Å². The Morgan fingerprint density at radius 1 is 1.42 bits per heavy atom. The topological polar surface area (TPSA) is 110 Å². The monoisotopic (exact) mass is 381 g/mol. The number of aryl methyl sites for hydroxylation is 3. The molecule has 26 heavy (non-hydrogen) atoms. The van der Waals surface area contributed by atoms with Gasteiger partial charge in [0.25, 0.3) is 15.9 Å². The van der Waals surface area contributed by atoms with Crippen molar-refractivity contribution in [1.82, 2.24) is 24.3 Å². The van der Waals surface area contributed by atoms with Crippen LogP contribution in [0.3, 0.4) is 0 Å². The minimum atomic E-state index is -3.62. The summed E-state index contributed by atoms with van der Waals surface area (Å²) in [5.41, 5.74) is 0.228. The average Bonchev–Trinajstić information content (AvgIpc) is 3.19. The number of hydrogen-bond donors (Lipinski definition) is 1. The van der Waals surface area contributed by atoms with E-state index in [0.717, 1.165) is 12.8 Å². The summed E-state index contributed by atoms with van der Waals surface area (Å²) in [5.74, 6) is 0.936. The number of hydrogen-bond acceptors (Lipinski definition) is 6. The highest BCUT2D eigenvalue weighted by Crippen LogP contribution is 2.23. The number of nitrogens with one attached hydrogen (secondary N) is 1. The summed E-state index contributed by atoms with van der Waals surface area (Å²) in [6, 6.07) is 1.57. The van der Waals surface area contributed by atoms with Crippen molar-refractivity contribution in [1.29, 1.82) is 0 Å². The van der Waals surface area contributed by atoms with Crippen LogP contribution in [0.5, 0.6) is 0 Å². The van der Waals surface area contributed by atoms with Crippen LogP contribution in [0.4, 0.5) is 0 Å². The van der Waals surface area contributed by atoms with Crippen LogP contribution in [0.2, 0.25) is 0 Å². The molecule has 2 aromatic rings. The molecule has 10 heteroatoms. The standard InChI is InChI=1S/C16H23N5O4S/c1-11-7-14(19-25-11)16(22)17-8-13-5-4-6-21(9-13)26(23,24)15-10-20(3)12(2)18-15/h7,10,13H,4-6,8-9H2,1-3H3,(H,17,22). The number of nitrogens with zero attached hydrogens (tertiary/aromatic N) is 4. The molecule has 1 aliphatic heterocycles. The van der Waals surface area contributed by atoms with Gasteiger partial charge >= 0.3 is 0 Å². The molecular formula is C16H23N5O4S. The summed E-state index contributed by atoms with van der Waals surface area (Å²) in [5, 5.41) is 6.55. The number of aromatic nitrogens is 3. The Balaban J connectivity index is 1.62. The Morgan fingerprint density at radius 3 is 2.81 bits per heavy atom. The fraction of sp³-hybridized carbons (Fsp3) is 0.562. The largest absolute Gasteiger partial charge is 0.361 e. The third-order valence-corrected chi connectivity index (χ3v) is 6.32. The van der Waals surface area contributed by atoms with E-state index < -0.39 is 10.0 Å². The van der Waals surface area contributed by atoms with Crippen molar-refractivity contribution in [2.45, 2.75) is 31.7 Å². The minimum absolute atomic E-state index is 0.0419. The third kappa shape index (κ3) is 3.80. The summed E-state index contributed by atoms with van der Waals surface area (Å²) in [4.78, 5) is 16.2. The highest BCUT2D eigenvalue weighted by molar-refractivity contribution is 7.89. The normalized spacial score (nSPS) is 18.8. The molecule has 1 saturated heterocycles. The average molecular weight is 381 g/mol. The van der Waals surface area contributed by atoms with Crippen LogP contribution < -0.4 is 5.32 Å². The van der Waals surface area contributed by atoms with Crippen molar-refractivity contribution in [3.8, 4) is 0 Å². The first-order valence-corrected chi connectivity index (χ1v) is 9.93. The molecule has 1 aliphatic rings. The molecule has 1 amide bonds. The van der Waals surface area contributed by atoms with Crippen LogP contribution in [0.1, 0.15) is 34.9 Å². The highest BCUT2D eigenvalue weighted by atomic mass is 32.2. The number of sulfonamides is 1. The predicted octanol–water partition coefficient (Wildman–Crippen LogP) is 0.856. The van der Waals surface area contributed by atoms with Crippen molar-refractivity contribution >= 4 is 15.9 Å². The molecule has 3 heterocycles. The number of carbonyl (C=O) groups excluding carboxylic acids is 1. The zero-order valence-electron chi connectivity index (χ0n) is 15.1. The van der Waals surface area contributed by atoms with Crippen LogP contribution in [-0.2, 0) is 17.1 Å². The number of imidazole rings is 1. The zero-order chi connectivity index (χ0) is 18.9. The summed E-state index contributed by atoms with van der Waals surface area (Å²) in [7, 11) is -1.86. The molecule has 0 radical (unpaired) electrons. The third-order valence-electron chi connectivity index (χ3n) is 4.58. The summed E-state index contributed by atoms with van der Waals surface area (Å²) in [6.07, 6.45) is 3.13. The molecule has 0 aromatic carbocycles. The van der Waals surface area contributed by atoms with Gasteiger partial charge in [0.05, 0.1) is 0 Å². The Hall–Kier alpha value is -2.20. The van der Waals surface area contributed by atoms with Gasteiger partial charge in [-0.05, 0) is 32.6 Å². The Kier molecular flexibility index (Phi) is 5.15. The van der Waals surface area contributed by atoms with Gasteiger partial charge in [-0.15, -0.1) is 0 Å². The molecule has 0 aliphatic carbocycles. The molecule has 1 fully saturated rings. The fourth-order valence-corrected chi connectivity index (χ4v) is 4.58. The first-order valence-electron chi connectivity index (χ1n) is 8.49. The SMILES string of the molecule is Cc1cc(C(=O)NCC2CCCN(S(=O)(=O)c3cn(C)c(C)n3)C2)no1. The van der Waals surface area contributed by atoms with Gasteiger partial charge in [-0.2, -0.15) is 4.31 Å². The lowest BCUT2D eigenvalue weighted by Gasteiger charge is -2.31. The lowest BCUT2D eigenvalue weighted by atomic mass is 10.00. The molecule has 0 saturated carbocycles. The molecule has 9 nitrogen and oxygen atoms in total. The quantitative estimate of drug-likeness (QED) is 0.822. The number of amides is 1. The van der Waals surface area contributed by atoms with Gasteiger partial charge in [0.15, 0.2) is 10.7 Å². The van der Waals surface area contributed by atoms with Crippen LogP contribution in [0.25, 0.3) is 0 Å². The molecular weight excluding hydrogens is 358 g/mol. The second kappa shape index (κ2) is 7.20. The molecule has 1 atom stereocenters. The second-order valence-electron chi connectivity index (χ2n) is 6.64. The van der Waals surface area contributed by atoms with E-state index in [9.17, 15) is 13.2 Å². The van der Waals surface area contributed by atoms with Gasteiger partial charge in [0.2, 0.25) is 0 Å². The molecule has 142 valence electrons. The van der Waals surface area contributed by atoms with Crippen molar-refractivity contribution in [3.05, 3.63) is 29.5 Å². The van der Waals surface area contributed by atoms with Crippen molar-refractivity contribution in [2.24, 2.45) is 13.0 Å². The Bertz CT molecular complexity index is 882. The number of piperidine rings is 1. The lowest BCUT2D eigenvalue weighted by molar-refractivity contribution is 0.0932. The van der Waals surface area contributed by atoms with E-state index in [1.807, 2.05) is 0 Å². The van der Waals surface area contributed by atoms with E-state index in [1.54, 1.807) is 31.5 Å². The van der Waals surface area contributed by atoms with E-state index >= 15 is 0 Å². The van der Waals surface area contributed by atoms with E-state index in [0.29, 0.717) is 31.2 Å². The van der Waals surface area contributed by atoms with E-state index in [1.165, 1.54) is 10.5 Å². The first kappa shape index (κ1) is 18.6. The van der Waals surface area contributed by atoms with Gasteiger partial charge in [-0.3, -0.25) is 4.79 Å². The van der Waals surface area contributed by atoms with E-state index in [2.05, 4.69) is 15.5 Å². The van der Waals surface area contributed by atoms with Gasteiger partial charge in [0, 0.05) is 38.9 Å². The van der Waals surface area contributed by atoms with Crippen LogP contribution in [0, 0.1) is 19.8 Å². The molecule has 0 bridgehead atoms. The first-order chi connectivity index (χ1) is 12.3. The van der Waals surface area contributed by atoms with Crippen LogP contribution in [-0.4, -0.2) is 53.0 Å². The van der Waals surface area contributed by atoms with Crippen LogP contribution in [0.15, 0.2) is 21.8 Å². The second-order valence-corrected chi connectivity index (χ2v) is 8.53. The maximum Gasteiger partial charge on any atom is 0.273 e. The molecule has 0 spiro atoms. The maximum absolute atomic E-state index is 12.8. The van der Waals surface area contributed by atoms with Gasteiger partial charge < -0.3 is 14.4 Å². The van der Waals surface area contributed by atoms with Gasteiger partial charge in [-0.1, -0.05) is 5.16 Å². The van der Waals surface area contributed by atoms with Crippen molar-refractivity contribution in [2.75, 3.05) is 19.6 Å². The van der Waals surface area contributed by atoms with E-state index in [4.69, 9.17) is 4.52 Å². The minimum Gasteiger partial charge on any atom is -0.361 e. The zero-order valence-corrected chi connectivity index (χ0v) is 15.9. The molecule has 1 N–H and O–H groups in total. The molecule has 1 unspecified atom stereocenters. The summed E-state index contributed by atoms with van der Waals surface area (Å²) < 4.78 is 33.6. The predicted molar refractivity (Wildman–Crippen MR) is 93.0 cm³/mol. The summed E-state index contributed by atoms with van der Waals surface area (Å²) >= 11 is 0. The van der Waals surface area contributed by atoms with Gasteiger partial charge in [0.1, 0.15) is 11.6 Å². The van der Waals surface area contributed by atoms with Crippen molar-refractivity contribution in [3.63, 3.8) is 0 Å². The number of rotatable bonds is 5. The van der Waals surface area contributed by atoms with Crippen LogP contribution >= 0.6 is 0 Å². The lowest BCUT2D eigenvalue weighted by Crippen LogP contribution is -2.43. The Morgan fingerprint density at radius 2 is 2.19 bits per heavy atom. The number of carbonyl (C=O) groups is 1. The fourth-order valence-electron chi connectivity index (χ4n) is 3.00. The van der Waals surface area contributed by atoms with E-state index in [-0.39, 0.29) is 22.5 Å². The Labute approximate surface area is 152 Å². The highest BCUT2D eigenvalue weighted by Gasteiger charge is 2.32. The summed E-state index contributed by atoms with van der Waals surface area (Å²) in [6.45, 7) is 4.69. The maximum atomic E-state index is 12.8. The smallest absolute Gasteiger partial charge is 0.273 e. The molecule has 2 aromatic heterocycles. The van der Waals surface area contributed by atoms with Gasteiger partial charge in [-0.25, -0.2) is 13.4 Å². The molecule has 3 rings (SSSR count).